The zero-order chi connectivity index (χ0) is 29.3. The molecule has 0 fully saturated rings. The summed E-state index contributed by atoms with van der Waals surface area (Å²) in [7, 11) is 1.77. The summed E-state index contributed by atoms with van der Waals surface area (Å²) in [5.74, 6) is -1.74. The molecular formula is C32H23F3N2O4. The summed E-state index contributed by atoms with van der Waals surface area (Å²) in [5.41, 5.74) is 1.76. The van der Waals surface area contributed by atoms with Crippen molar-refractivity contribution in [3.8, 4) is 11.1 Å². The molecule has 9 heteroatoms. The van der Waals surface area contributed by atoms with Crippen LogP contribution in [0.5, 0.6) is 0 Å². The third-order valence-electron chi connectivity index (χ3n) is 6.84. The van der Waals surface area contributed by atoms with Gasteiger partial charge >= 0.3 is 12.1 Å². The number of benzene rings is 4. The average Bonchev–Trinajstić information content (AvgIpc) is 2.99. The largest absolute Gasteiger partial charge is 0.479 e. The van der Waals surface area contributed by atoms with Crippen LogP contribution < -0.4 is 4.90 Å². The van der Waals surface area contributed by atoms with Crippen LogP contribution in [-0.4, -0.2) is 34.0 Å². The minimum atomic E-state index is -4.64. The molecule has 0 radical (unpaired) electrons. The average molecular weight is 557 g/mol. The van der Waals surface area contributed by atoms with E-state index in [1.165, 1.54) is 30.5 Å². The summed E-state index contributed by atoms with van der Waals surface area (Å²) >= 11 is 0. The Bertz CT molecular complexity index is 1750. The fourth-order valence-corrected chi connectivity index (χ4v) is 4.72. The lowest BCUT2D eigenvalue weighted by molar-refractivity contribution is -0.147. The Labute approximate surface area is 232 Å². The minimum Gasteiger partial charge on any atom is -0.479 e. The standard InChI is InChI=1S/C32H23F3N2O4/c1-37(22-15-13-20(14-16-22)30(39)31(40)41)23-10-5-9-21(17-23)27-24-11-6-12-26(32(33,34)35)28(24)36-18-25(27)29(38)19-7-3-2-4-8-19/h2-18,30,39H,1H3,(H,40,41). The highest BCUT2D eigenvalue weighted by molar-refractivity contribution is 6.16. The van der Waals surface area contributed by atoms with Crippen LogP contribution in [0.4, 0.5) is 24.5 Å². The van der Waals surface area contributed by atoms with E-state index in [0.29, 0.717) is 28.1 Å². The Morgan fingerprint density at radius 1 is 0.854 bits per heavy atom. The molecule has 0 saturated heterocycles. The molecule has 0 aliphatic carbocycles. The van der Waals surface area contributed by atoms with Gasteiger partial charge in [-0.25, -0.2) is 4.79 Å². The Balaban J connectivity index is 1.66. The van der Waals surface area contributed by atoms with Gasteiger partial charge in [-0.1, -0.05) is 66.7 Å². The molecule has 5 aromatic rings. The molecule has 5 rings (SSSR count). The van der Waals surface area contributed by atoms with Crippen LogP contribution in [0.1, 0.15) is 33.2 Å². The first kappa shape index (κ1) is 27.5. The summed E-state index contributed by atoms with van der Waals surface area (Å²) in [4.78, 5) is 30.6. The summed E-state index contributed by atoms with van der Waals surface area (Å²) in [6, 6.07) is 25.6. The Hall–Kier alpha value is -5.02. The van der Waals surface area contributed by atoms with Gasteiger partial charge in [-0.3, -0.25) is 9.78 Å². The molecule has 6 nitrogen and oxygen atoms in total. The van der Waals surface area contributed by atoms with Gasteiger partial charge in [-0.05, 0) is 41.5 Å². The maximum absolute atomic E-state index is 13.9. The predicted octanol–water partition coefficient (Wildman–Crippen LogP) is 7.04. The SMILES string of the molecule is CN(c1ccc(C(O)C(=O)O)cc1)c1cccc(-c2c(C(=O)c3ccccc3)cnc3c(C(F)(F)F)cccc23)c1. The number of carboxylic acids is 1. The van der Waals surface area contributed by atoms with E-state index in [9.17, 15) is 27.9 Å². The zero-order valence-electron chi connectivity index (χ0n) is 21.6. The third kappa shape index (κ3) is 5.39. The Morgan fingerprint density at radius 2 is 1.54 bits per heavy atom. The first-order chi connectivity index (χ1) is 19.6. The van der Waals surface area contributed by atoms with Crippen molar-refractivity contribution >= 4 is 34.0 Å². The molecule has 0 spiro atoms. The number of aliphatic hydroxyl groups is 1. The lowest BCUT2D eigenvalue weighted by Crippen LogP contribution is -2.12. The molecule has 1 atom stereocenters. The molecular weight excluding hydrogens is 533 g/mol. The predicted molar refractivity (Wildman–Crippen MR) is 149 cm³/mol. The van der Waals surface area contributed by atoms with Crippen LogP contribution in [0.3, 0.4) is 0 Å². The van der Waals surface area contributed by atoms with Crippen molar-refractivity contribution in [1.29, 1.82) is 0 Å². The van der Waals surface area contributed by atoms with Crippen LogP contribution in [0.15, 0.2) is 103 Å². The Morgan fingerprint density at radius 3 is 2.20 bits per heavy atom. The number of carboxylic acid groups (broad SMARTS) is 1. The maximum atomic E-state index is 13.9. The molecule has 4 aromatic carbocycles. The van der Waals surface area contributed by atoms with Gasteiger partial charge in [0.25, 0.3) is 0 Å². The van der Waals surface area contributed by atoms with Gasteiger partial charge in [-0.15, -0.1) is 0 Å². The maximum Gasteiger partial charge on any atom is 0.418 e. The van der Waals surface area contributed by atoms with E-state index in [2.05, 4.69) is 4.98 Å². The number of anilines is 2. The number of ketones is 1. The first-order valence-electron chi connectivity index (χ1n) is 12.5. The third-order valence-corrected chi connectivity index (χ3v) is 6.84. The van der Waals surface area contributed by atoms with E-state index in [4.69, 9.17) is 5.11 Å². The fraction of sp³-hybridized carbons (Fsp3) is 0.0938. The fourth-order valence-electron chi connectivity index (χ4n) is 4.72. The molecule has 1 unspecified atom stereocenters. The number of aromatic nitrogens is 1. The van der Waals surface area contributed by atoms with Crippen molar-refractivity contribution in [3.63, 3.8) is 0 Å². The molecule has 2 N–H and O–H groups in total. The molecule has 0 aliphatic rings. The van der Waals surface area contributed by atoms with E-state index in [0.717, 1.165) is 6.07 Å². The van der Waals surface area contributed by atoms with Gasteiger partial charge in [-0.2, -0.15) is 13.2 Å². The molecule has 0 saturated carbocycles. The number of halogens is 3. The van der Waals surface area contributed by atoms with E-state index in [1.54, 1.807) is 78.7 Å². The summed E-state index contributed by atoms with van der Waals surface area (Å²) in [6.07, 6.45) is -5.10. The van der Waals surface area contributed by atoms with Gasteiger partial charge in [0.2, 0.25) is 0 Å². The normalized spacial score (nSPS) is 12.2. The van der Waals surface area contributed by atoms with Crippen LogP contribution in [-0.2, 0) is 11.0 Å². The number of hydrogen-bond acceptors (Lipinski definition) is 5. The highest BCUT2D eigenvalue weighted by Crippen LogP contribution is 2.40. The zero-order valence-corrected chi connectivity index (χ0v) is 21.6. The monoisotopic (exact) mass is 556 g/mol. The van der Waals surface area contributed by atoms with Gasteiger partial charge < -0.3 is 15.1 Å². The second-order valence-corrected chi connectivity index (χ2v) is 9.38. The Kier molecular flexibility index (Phi) is 7.30. The van der Waals surface area contributed by atoms with Gasteiger partial charge in [0.1, 0.15) is 0 Å². The number of alkyl halides is 3. The number of para-hydroxylation sites is 1. The van der Waals surface area contributed by atoms with Crippen molar-refractivity contribution in [2.75, 3.05) is 11.9 Å². The lowest BCUT2D eigenvalue weighted by Gasteiger charge is -2.22. The quantitative estimate of drug-likeness (QED) is 0.209. The number of nitrogens with zero attached hydrogens (tertiary/aromatic N) is 2. The molecule has 0 bridgehead atoms. The summed E-state index contributed by atoms with van der Waals surface area (Å²) in [6.45, 7) is 0. The van der Waals surface area contributed by atoms with E-state index >= 15 is 0 Å². The molecule has 41 heavy (non-hydrogen) atoms. The highest BCUT2D eigenvalue weighted by atomic mass is 19.4. The number of aliphatic carboxylic acids is 1. The van der Waals surface area contributed by atoms with Crippen molar-refractivity contribution in [2.45, 2.75) is 12.3 Å². The number of pyridine rings is 1. The van der Waals surface area contributed by atoms with Crippen molar-refractivity contribution in [2.24, 2.45) is 0 Å². The van der Waals surface area contributed by atoms with Crippen molar-refractivity contribution in [3.05, 3.63) is 126 Å². The number of hydrogen-bond donors (Lipinski definition) is 2. The number of rotatable bonds is 7. The molecule has 1 aromatic heterocycles. The second-order valence-electron chi connectivity index (χ2n) is 9.38. The number of carbonyl (C=O) groups is 2. The second kappa shape index (κ2) is 10.9. The van der Waals surface area contributed by atoms with E-state index in [1.807, 2.05) is 0 Å². The van der Waals surface area contributed by atoms with Crippen LogP contribution in [0.25, 0.3) is 22.0 Å². The topological polar surface area (TPSA) is 90.7 Å². The summed E-state index contributed by atoms with van der Waals surface area (Å²) < 4.78 is 41.7. The van der Waals surface area contributed by atoms with E-state index in [-0.39, 0.29) is 27.8 Å². The summed E-state index contributed by atoms with van der Waals surface area (Å²) in [5, 5.41) is 19.0. The van der Waals surface area contributed by atoms with Crippen LogP contribution in [0.2, 0.25) is 0 Å². The van der Waals surface area contributed by atoms with Gasteiger partial charge in [0.15, 0.2) is 11.9 Å². The molecule has 1 heterocycles. The first-order valence-corrected chi connectivity index (χ1v) is 12.5. The smallest absolute Gasteiger partial charge is 0.418 e. The number of fused-ring (bicyclic) bond motifs is 1. The van der Waals surface area contributed by atoms with Gasteiger partial charge in [0.05, 0.1) is 11.1 Å². The van der Waals surface area contributed by atoms with Crippen LogP contribution >= 0.6 is 0 Å². The molecule has 0 amide bonds. The van der Waals surface area contributed by atoms with Gasteiger partial charge in [0, 0.05) is 46.7 Å². The lowest BCUT2D eigenvalue weighted by atomic mass is 9.91. The van der Waals surface area contributed by atoms with Crippen molar-refractivity contribution < 1.29 is 33.0 Å². The molecule has 0 aliphatic heterocycles. The highest BCUT2D eigenvalue weighted by Gasteiger charge is 2.34. The molecule has 206 valence electrons. The number of carbonyl (C=O) groups excluding carboxylic acids is 1. The number of aliphatic hydroxyl groups excluding tert-OH is 1. The minimum absolute atomic E-state index is 0.162. The van der Waals surface area contributed by atoms with Crippen molar-refractivity contribution in [1.82, 2.24) is 4.98 Å². The van der Waals surface area contributed by atoms with Crippen LogP contribution in [0, 0.1) is 0 Å². The van der Waals surface area contributed by atoms with E-state index < -0.39 is 23.8 Å².